The summed E-state index contributed by atoms with van der Waals surface area (Å²) in [5, 5.41) is 1.25. The highest BCUT2D eigenvalue weighted by atomic mass is 35.5. The number of allylic oxidation sites excluding steroid dienone is 1. The number of piperazine rings is 1. The van der Waals surface area contributed by atoms with Gasteiger partial charge in [0.15, 0.2) is 5.16 Å². The average Bonchev–Trinajstić information content (AvgIpc) is 3.15. The Morgan fingerprint density at radius 3 is 2.47 bits per heavy atom. The van der Waals surface area contributed by atoms with Crippen LogP contribution < -0.4 is 0 Å². The van der Waals surface area contributed by atoms with Gasteiger partial charge < -0.3 is 9.47 Å². The summed E-state index contributed by atoms with van der Waals surface area (Å²) in [5.74, 6) is 0.209. The molecule has 3 aromatic rings. The van der Waals surface area contributed by atoms with Gasteiger partial charge in [-0.25, -0.2) is 13.4 Å². The van der Waals surface area contributed by atoms with E-state index in [1.165, 1.54) is 28.2 Å². The monoisotopic (exact) mass is 490 g/mol. The van der Waals surface area contributed by atoms with Crippen molar-refractivity contribution in [1.82, 2.24) is 18.8 Å². The summed E-state index contributed by atoms with van der Waals surface area (Å²) in [6.07, 6.45) is 1.81. The number of halogens is 1. The second-order valence-corrected chi connectivity index (χ2v) is 10.6. The first kappa shape index (κ1) is 22.8. The summed E-state index contributed by atoms with van der Waals surface area (Å²) in [7, 11) is -3.60. The zero-order chi connectivity index (χ0) is 22.7. The van der Waals surface area contributed by atoms with E-state index >= 15 is 0 Å². The van der Waals surface area contributed by atoms with E-state index in [4.69, 9.17) is 11.6 Å². The number of hydrogen-bond acceptors (Lipinski definition) is 5. The highest BCUT2D eigenvalue weighted by Crippen LogP contribution is 2.25. The molecule has 2 aromatic carbocycles. The number of carbonyl (C=O) groups is 1. The third kappa shape index (κ3) is 4.71. The molecular weight excluding hydrogens is 468 g/mol. The first-order valence-corrected chi connectivity index (χ1v) is 12.9. The lowest BCUT2D eigenvalue weighted by Crippen LogP contribution is -2.50. The van der Waals surface area contributed by atoms with Crippen molar-refractivity contribution in [1.29, 1.82) is 0 Å². The van der Waals surface area contributed by atoms with Crippen molar-refractivity contribution < 1.29 is 13.2 Å². The maximum atomic E-state index is 12.8. The lowest BCUT2D eigenvalue weighted by molar-refractivity contribution is -0.129. The van der Waals surface area contributed by atoms with Crippen LogP contribution in [0.5, 0.6) is 0 Å². The molecule has 1 aliphatic heterocycles. The predicted molar refractivity (Wildman–Crippen MR) is 127 cm³/mol. The highest BCUT2D eigenvalue weighted by Gasteiger charge is 2.30. The lowest BCUT2D eigenvalue weighted by Gasteiger charge is -2.34. The van der Waals surface area contributed by atoms with Gasteiger partial charge in [-0.3, -0.25) is 4.79 Å². The number of imidazole rings is 1. The van der Waals surface area contributed by atoms with Gasteiger partial charge in [-0.1, -0.05) is 41.6 Å². The summed E-state index contributed by atoms with van der Waals surface area (Å²) in [6, 6.07) is 14.0. The molecule has 2 heterocycles. The van der Waals surface area contributed by atoms with E-state index in [2.05, 4.69) is 11.6 Å². The number of para-hydroxylation sites is 2. The molecule has 0 radical (unpaired) electrons. The van der Waals surface area contributed by atoms with Crippen LogP contribution in [-0.4, -0.2) is 65.0 Å². The second kappa shape index (κ2) is 9.66. The Bertz CT molecular complexity index is 1230. The third-order valence-electron chi connectivity index (χ3n) is 5.30. The fourth-order valence-electron chi connectivity index (χ4n) is 3.62. The minimum Gasteiger partial charge on any atom is -0.339 e. The lowest BCUT2D eigenvalue weighted by atomic mass is 10.3. The second-order valence-electron chi connectivity index (χ2n) is 7.31. The summed E-state index contributed by atoms with van der Waals surface area (Å²) >= 11 is 7.25. The van der Waals surface area contributed by atoms with Gasteiger partial charge in [0, 0.05) is 37.7 Å². The first-order chi connectivity index (χ1) is 15.4. The number of hydrogen-bond donors (Lipinski definition) is 0. The highest BCUT2D eigenvalue weighted by molar-refractivity contribution is 7.99. The van der Waals surface area contributed by atoms with Crippen LogP contribution in [0.4, 0.5) is 0 Å². The minimum absolute atomic E-state index is 0.0317. The van der Waals surface area contributed by atoms with Crippen LogP contribution in [0.15, 0.2) is 71.2 Å². The van der Waals surface area contributed by atoms with E-state index in [0.717, 1.165) is 16.2 Å². The van der Waals surface area contributed by atoms with E-state index < -0.39 is 10.0 Å². The molecule has 1 aliphatic rings. The maximum Gasteiger partial charge on any atom is 0.243 e. The Labute approximate surface area is 196 Å². The molecule has 1 amide bonds. The van der Waals surface area contributed by atoms with E-state index in [9.17, 15) is 13.2 Å². The predicted octanol–water partition coefficient (Wildman–Crippen LogP) is 3.50. The van der Waals surface area contributed by atoms with E-state index in [0.29, 0.717) is 24.7 Å². The van der Waals surface area contributed by atoms with E-state index in [1.807, 2.05) is 28.8 Å². The molecule has 0 bridgehead atoms. The Hall–Kier alpha value is -2.33. The number of nitrogens with zero attached hydrogens (tertiary/aromatic N) is 4. The van der Waals surface area contributed by atoms with Crippen molar-refractivity contribution in [2.75, 3.05) is 31.9 Å². The Balaban J connectivity index is 1.37. The number of sulfonamides is 1. The molecule has 1 fully saturated rings. The Morgan fingerprint density at radius 2 is 1.78 bits per heavy atom. The third-order valence-corrected chi connectivity index (χ3v) is 8.42. The van der Waals surface area contributed by atoms with Crippen LogP contribution >= 0.6 is 23.4 Å². The zero-order valence-electron chi connectivity index (χ0n) is 17.4. The van der Waals surface area contributed by atoms with Crippen molar-refractivity contribution in [3.8, 4) is 0 Å². The molecule has 0 aliphatic carbocycles. The summed E-state index contributed by atoms with van der Waals surface area (Å²) in [4.78, 5) is 19.3. The number of carbonyl (C=O) groups excluding carboxylic acids is 1. The normalized spacial score (nSPS) is 15.2. The molecule has 1 aromatic heterocycles. The number of amides is 1. The summed E-state index contributed by atoms with van der Waals surface area (Å²) in [6.45, 7) is 5.65. The fraction of sp³-hybridized carbons (Fsp3) is 0.273. The smallest absolute Gasteiger partial charge is 0.243 e. The zero-order valence-corrected chi connectivity index (χ0v) is 19.7. The quantitative estimate of drug-likeness (QED) is 0.374. The molecular formula is C22H23ClN4O3S2. The topological polar surface area (TPSA) is 75.5 Å². The molecule has 0 N–H and O–H groups in total. The molecule has 7 nitrogen and oxygen atoms in total. The van der Waals surface area contributed by atoms with Crippen LogP contribution in [0.3, 0.4) is 0 Å². The number of aromatic nitrogens is 2. The van der Waals surface area contributed by atoms with Crippen LogP contribution in [0.1, 0.15) is 0 Å². The summed E-state index contributed by atoms with van der Waals surface area (Å²) < 4.78 is 29.1. The van der Waals surface area contributed by atoms with Gasteiger partial charge in [0.05, 0.1) is 21.7 Å². The molecule has 1 saturated heterocycles. The number of rotatable bonds is 7. The molecule has 0 unspecified atom stereocenters. The Kier molecular flexibility index (Phi) is 6.90. The standard InChI is InChI=1S/C22H23ClN4O3S2/c1-2-11-27-20-6-4-3-5-19(20)24-22(27)31-16-21(28)25-12-14-26(15-13-25)32(29,30)18-9-7-17(23)8-10-18/h2-10H,1,11-16H2. The van der Waals surface area contributed by atoms with Crippen molar-refractivity contribution in [3.63, 3.8) is 0 Å². The van der Waals surface area contributed by atoms with Gasteiger partial charge in [0.25, 0.3) is 0 Å². The minimum atomic E-state index is -3.60. The number of fused-ring (bicyclic) bond motifs is 1. The van der Waals surface area contributed by atoms with Crippen LogP contribution in [0.25, 0.3) is 11.0 Å². The molecule has 0 spiro atoms. The largest absolute Gasteiger partial charge is 0.339 e. The van der Waals surface area contributed by atoms with E-state index in [1.54, 1.807) is 23.1 Å². The summed E-state index contributed by atoms with van der Waals surface area (Å²) in [5.41, 5.74) is 1.88. The van der Waals surface area contributed by atoms with Gasteiger partial charge in [0.1, 0.15) is 0 Å². The first-order valence-electron chi connectivity index (χ1n) is 10.1. The van der Waals surface area contributed by atoms with Crippen molar-refractivity contribution in [2.24, 2.45) is 0 Å². The van der Waals surface area contributed by atoms with Gasteiger partial charge in [0.2, 0.25) is 15.9 Å². The maximum absolute atomic E-state index is 12.8. The van der Waals surface area contributed by atoms with Gasteiger partial charge in [-0.2, -0.15) is 4.31 Å². The van der Waals surface area contributed by atoms with Gasteiger partial charge >= 0.3 is 0 Å². The van der Waals surface area contributed by atoms with Crippen molar-refractivity contribution in [2.45, 2.75) is 16.6 Å². The van der Waals surface area contributed by atoms with Crippen molar-refractivity contribution >= 4 is 50.3 Å². The SMILES string of the molecule is C=CCn1c(SCC(=O)N2CCN(S(=O)(=O)c3ccc(Cl)cc3)CC2)nc2ccccc21. The number of benzene rings is 2. The van der Waals surface area contributed by atoms with Crippen LogP contribution in [-0.2, 0) is 21.4 Å². The molecule has 32 heavy (non-hydrogen) atoms. The van der Waals surface area contributed by atoms with Crippen LogP contribution in [0.2, 0.25) is 5.02 Å². The van der Waals surface area contributed by atoms with Gasteiger partial charge in [-0.05, 0) is 36.4 Å². The molecule has 0 saturated carbocycles. The molecule has 0 atom stereocenters. The molecule has 168 valence electrons. The van der Waals surface area contributed by atoms with Gasteiger partial charge in [-0.15, -0.1) is 6.58 Å². The number of thioether (sulfide) groups is 1. The van der Waals surface area contributed by atoms with Crippen molar-refractivity contribution in [3.05, 3.63) is 66.2 Å². The molecule has 10 heteroatoms. The Morgan fingerprint density at radius 1 is 1.09 bits per heavy atom. The fourth-order valence-corrected chi connectivity index (χ4v) is 6.10. The molecule has 4 rings (SSSR count). The van der Waals surface area contributed by atoms with Crippen LogP contribution in [0, 0.1) is 0 Å². The average molecular weight is 491 g/mol. The van der Waals surface area contributed by atoms with E-state index in [-0.39, 0.29) is 29.6 Å².